The van der Waals surface area contributed by atoms with Crippen molar-refractivity contribution >= 4 is 48.0 Å². The van der Waals surface area contributed by atoms with Crippen molar-refractivity contribution in [3.8, 4) is 0 Å². The van der Waals surface area contributed by atoms with E-state index in [-0.39, 0.29) is 58.2 Å². The summed E-state index contributed by atoms with van der Waals surface area (Å²) in [6.07, 6.45) is 0. The fourth-order valence-corrected chi connectivity index (χ4v) is 18.0. The zero-order valence-corrected chi connectivity index (χ0v) is 38.8. The van der Waals surface area contributed by atoms with Crippen LogP contribution in [0.4, 0.5) is 0 Å². The summed E-state index contributed by atoms with van der Waals surface area (Å²) >= 11 is 0. The third-order valence-electron chi connectivity index (χ3n) is 12.2. The van der Waals surface area contributed by atoms with E-state index < -0.39 is 39.0 Å². The van der Waals surface area contributed by atoms with Crippen LogP contribution in [0.25, 0.3) is 21.5 Å². The molecule has 4 unspecified atom stereocenters. The molecule has 11 rings (SSSR count). The number of hydrogen-bond acceptors (Lipinski definition) is 4. The van der Waals surface area contributed by atoms with Crippen LogP contribution >= 0.6 is 15.8 Å². The fraction of sp³-hybridized carbons (Fsp3) is 0.0769. The second kappa shape index (κ2) is 17.6. The minimum Gasteiger partial charge on any atom is -0.358 e. The second-order valence-electron chi connectivity index (χ2n) is 15.4. The van der Waals surface area contributed by atoms with Crippen LogP contribution in [0, 0.1) is 14.9 Å². The van der Waals surface area contributed by atoms with Crippen LogP contribution in [0.5, 0.6) is 0 Å². The molecule has 2 aromatic heterocycles. The molecule has 2 aliphatic rings. The normalized spacial score (nSPS) is 19.6. The van der Waals surface area contributed by atoms with Gasteiger partial charge < -0.3 is 14.9 Å². The minimum absolute atomic E-state index is 0. The van der Waals surface area contributed by atoms with E-state index in [0.717, 1.165) is 32.9 Å². The van der Waals surface area contributed by atoms with E-state index in [4.69, 9.17) is 0 Å². The predicted octanol–water partition coefficient (Wildman–Crippen LogP) is 8.83. The van der Waals surface area contributed by atoms with Gasteiger partial charge in [0.05, 0.1) is 37.4 Å². The summed E-state index contributed by atoms with van der Waals surface area (Å²) in [6, 6.07) is 63.0. The Bertz CT molecular complexity index is 2930. The van der Waals surface area contributed by atoms with E-state index in [1.165, 1.54) is 0 Å². The van der Waals surface area contributed by atoms with Gasteiger partial charge in [0.15, 0.2) is 23.1 Å². The monoisotopic (exact) mass is 1050 g/mol. The summed E-state index contributed by atoms with van der Waals surface area (Å²) in [6.45, 7) is 0. The van der Waals surface area contributed by atoms with Crippen molar-refractivity contribution in [2.75, 3.05) is 0 Å². The zero-order valence-electron chi connectivity index (χ0n) is 34.5. The van der Waals surface area contributed by atoms with Crippen LogP contribution in [-0.4, -0.2) is 18.7 Å². The molecule has 0 bridgehead atoms. The van der Waals surface area contributed by atoms with E-state index in [9.17, 15) is 0 Å². The number of benzene rings is 7. The second-order valence-corrected chi connectivity index (χ2v) is 20.5. The maximum atomic E-state index is 15.0. The standard InChI is InChI=1S/C50H36N4O4P2.2CH3.Pt/c55-43-37-27-13-14-28-38(37)44(56)52-48(34-21-7-2-8-22-34)59(47(51(43)52)33-19-5-1-6-20-33)41-31-17-18-32-42(41)60-49(35-23-9-3-10-24-35)53-45(57)39-29-15-16-30-40(39)46(58)54(53)50(60)36-25-11-4-12-26-36;;;/h1-32,47-50H;2*1H3;/q;2*-1;+2/p+2/t47-,48?,49-,50?,59?,60?;;;/m0.../s1. The van der Waals surface area contributed by atoms with Crippen LogP contribution in [0.3, 0.4) is 0 Å². The molecule has 6 atom stereocenters. The first-order valence-corrected chi connectivity index (χ1v) is 23.4. The minimum atomic E-state index is -2.09. The molecule has 4 heterocycles. The SMILES string of the molecule is O=c1c2ccccc2c(=O)n2n1C(c1ccccc1)[PH+](c1ccccc1[PH+]1C(c3ccccc3)n3c(=O)c4ccccc4c(=O)n3[C@@H]1c1ccccc1)[C@H]2c1ccccc1.[CH3-].[CH3-].[Pt+2]. The number of hydrogen-bond donors (Lipinski definition) is 0. The summed E-state index contributed by atoms with van der Waals surface area (Å²) in [4.78, 5) is 60.1. The maximum absolute atomic E-state index is 15.0. The third-order valence-corrected chi connectivity index (χ3v) is 19.3. The Labute approximate surface area is 381 Å². The molecule has 8 nitrogen and oxygen atoms in total. The topological polar surface area (TPSA) is 88.0 Å². The van der Waals surface area contributed by atoms with Gasteiger partial charge in [-0.1, -0.05) is 158 Å². The molecule has 0 saturated heterocycles. The molecule has 11 heteroatoms. The fourth-order valence-electron chi connectivity index (χ4n) is 9.79. The molecule has 314 valence electrons. The van der Waals surface area contributed by atoms with Gasteiger partial charge in [-0.3, -0.25) is 19.2 Å². The van der Waals surface area contributed by atoms with Crippen molar-refractivity contribution in [3.63, 3.8) is 0 Å². The molecular weight excluding hydrogens is 1000 g/mol. The van der Waals surface area contributed by atoms with Crippen molar-refractivity contribution in [2.45, 2.75) is 23.1 Å². The number of nitrogens with zero attached hydrogens (tertiary/aromatic N) is 4. The molecule has 0 radical (unpaired) electrons. The molecule has 63 heavy (non-hydrogen) atoms. The van der Waals surface area contributed by atoms with E-state index in [1.54, 1.807) is 43.0 Å². The Morgan fingerprint density at radius 1 is 0.286 bits per heavy atom. The van der Waals surface area contributed by atoms with Crippen LogP contribution in [0.2, 0.25) is 0 Å². The molecule has 0 aliphatic carbocycles. The van der Waals surface area contributed by atoms with Crippen LogP contribution in [0.1, 0.15) is 45.4 Å². The smallest absolute Gasteiger partial charge is 0.358 e. The maximum Gasteiger partial charge on any atom is 2.00 e. The quantitative estimate of drug-likeness (QED) is 0.123. The van der Waals surface area contributed by atoms with E-state index in [1.807, 2.05) is 97.1 Å². The summed E-state index contributed by atoms with van der Waals surface area (Å²) in [5.41, 5.74) is 2.90. The Balaban J connectivity index is 0.00000181. The number of aromatic nitrogens is 4. The van der Waals surface area contributed by atoms with Gasteiger partial charge in [0, 0.05) is 22.3 Å². The van der Waals surface area contributed by atoms with Gasteiger partial charge in [0.25, 0.3) is 22.2 Å². The van der Waals surface area contributed by atoms with Crippen molar-refractivity contribution in [1.29, 1.82) is 0 Å². The largest absolute Gasteiger partial charge is 2.00 e. The van der Waals surface area contributed by atoms with Gasteiger partial charge in [-0.2, -0.15) is 18.7 Å². The average Bonchev–Trinajstić information content (AvgIpc) is 3.87. The molecule has 0 spiro atoms. The van der Waals surface area contributed by atoms with Crippen molar-refractivity contribution in [1.82, 2.24) is 18.7 Å². The van der Waals surface area contributed by atoms with Crippen molar-refractivity contribution in [2.24, 2.45) is 0 Å². The third kappa shape index (κ3) is 6.79. The van der Waals surface area contributed by atoms with Gasteiger partial charge in [0.1, 0.15) is 10.6 Å². The zero-order chi connectivity index (χ0) is 40.5. The first-order chi connectivity index (χ1) is 29.5. The molecule has 9 aromatic rings. The Kier molecular flexibility index (Phi) is 12.2. The summed E-state index contributed by atoms with van der Waals surface area (Å²) in [7, 11) is -4.18. The van der Waals surface area contributed by atoms with Gasteiger partial charge >= 0.3 is 21.1 Å². The molecule has 0 saturated carbocycles. The summed E-state index contributed by atoms with van der Waals surface area (Å²) < 4.78 is 6.98. The van der Waals surface area contributed by atoms with Crippen LogP contribution in [-0.2, 0) is 21.1 Å². The predicted molar refractivity (Wildman–Crippen MR) is 258 cm³/mol. The average molecular weight is 1050 g/mol. The van der Waals surface area contributed by atoms with Gasteiger partial charge in [-0.15, -0.1) is 0 Å². The summed E-state index contributed by atoms with van der Waals surface area (Å²) in [5.74, 6) is -1.96. The van der Waals surface area contributed by atoms with E-state index >= 15 is 19.2 Å². The number of fused-ring (bicyclic) bond motifs is 4. The van der Waals surface area contributed by atoms with E-state index in [0.29, 0.717) is 21.5 Å². The van der Waals surface area contributed by atoms with Gasteiger partial charge in [0.2, 0.25) is 0 Å². The first-order valence-electron chi connectivity index (χ1n) is 20.1. The number of rotatable bonds is 6. The van der Waals surface area contributed by atoms with Crippen LogP contribution < -0.4 is 32.8 Å². The van der Waals surface area contributed by atoms with Crippen molar-refractivity contribution in [3.05, 3.63) is 273 Å². The van der Waals surface area contributed by atoms with E-state index in [2.05, 4.69) is 72.8 Å². The van der Waals surface area contributed by atoms with Gasteiger partial charge in [-0.25, -0.2) is 0 Å². The molecule has 0 amide bonds. The molecule has 2 aliphatic heterocycles. The molecule has 7 aromatic carbocycles. The molecule has 0 fully saturated rings. The van der Waals surface area contributed by atoms with Crippen molar-refractivity contribution < 1.29 is 21.1 Å². The van der Waals surface area contributed by atoms with Gasteiger partial charge in [-0.05, 0) is 36.4 Å². The van der Waals surface area contributed by atoms with Crippen LogP contribution in [0.15, 0.2) is 213 Å². The molecular formula is C52H44N4O4P2Pt+2. The molecule has 0 N–H and O–H groups in total. The Morgan fingerprint density at radius 2 is 0.476 bits per heavy atom. The summed E-state index contributed by atoms with van der Waals surface area (Å²) in [5, 5.41) is 3.69. The Morgan fingerprint density at radius 3 is 0.698 bits per heavy atom. The first kappa shape index (κ1) is 43.6. The Hall–Kier alpha value is -6.03.